The number of fused-ring (bicyclic) bond motifs is 2. The fourth-order valence-electron chi connectivity index (χ4n) is 3.19. The van der Waals surface area contributed by atoms with Crippen molar-refractivity contribution in [3.8, 4) is 12.1 Å². The number of hydrogen-bond acceptors (Lipinski definition) is 5. The van der Waals surface area contributed by atoms with Crippen molar-refractivity contribution in [3.05, 3.63) is 65.2 Å². The Labute approximate surface area is 154 Å². The van der Waals surface area contributed by atoms with Gasteiger partial charge in [0.25, 0.3) is 0 Å². The predicted octanol–water partition coefficient (Wildman–Crippen LogP) is 5.20. The first-order valence-electron chi connectivity index (χ1n) is 7.95. The van der Waals surface area contributed by atoms with Gasteiger partial charge in [-0.1, -0.05) is 48.2 Å². The molecule has 5 heteroatoms. The zero-order valence-electron chi connectivity index (χ0n) is 13.3. The van der Waals surface area contributed by atoms with Crippen LogP contribution < -0.4 is 0 Å². The Kier molecular flexibility index (Phi) is 4.28. The van der Waals surface area contributed by atoms with Crippen molar-refractivity contribution in [3.63, 3.8) is 0 Å². The topological polar surface area (TPSA) is 60.5 Å². The second-order valence-electron chi connectivity index (χ2n) is 5.76. The third-order valence-corrected chi connectivity index (χ3v) is 6.73. The van der Waals surface area contributed by atoms with Crippen molar-refractivity contribution in [2.75, 3.05) is 0 Å². The molecule has 0 N–H and O–H groups in total. The lowest BCUT2D eigenvalue weighted by Gasteiger charge is -2.26. The zero-order chi connectivity index (χ0) is 17.2. The maximum absolute atomic E-state index is 9.45. The van der Waals surface area contributed by atoms with Crippen LogP contribution in [0.15, 0.2) is 58.4 Å². The predicted molar refractivity (Wildman–Crippen MR) is 102 cm³/mol. The van der Waals surface area contributed by atoms with E-state index in [1.165, 1.54) is 5.56 Å². The average Bonchev–Trinajstić information content (AvgIpc) is 3.06. The van der Waals surface area contributed by atoms with E-state index in [1.54, 1.807) is 23.1 Å². The molecule has 0 amide bonds. The summed E-state index contributed by atoms with van der Waals surface area (Å²) in [6.45, 7) is 0. The molecule has 0 saturated carbocycles. The Bertz CT molecular complexity index is 1020. The van der Waals surface area contributed by atoms with Crippen LogP contribution in [0.25, 0.3) is 15.8 Å². The molecular formula is C20H13N3S2. The third kappa shape index (κ3) is 2.93. The van der Waals surface area contributed by atoms with Gasteiger partial charge < -0.3 is 0 Å². The van der Waals surface area contributed by atoms with Gasteiger partial charge in [0.05, 0.1) is 10.2 Å². The number of allylic oxidation sites excluding steroid dienone is 1. The van der Waals surface area contributed by atoms with Crippen molar-refractivity contribution in [1.29, 1.82) is 10.5 Å². The van der Waals surface area contributed by atoms with E-state index in [0.717, 1.165) is 38.5 Å². The Morgan fingerprint density at radius 1 is 1.08 bits per heavy atom. The van der Waals surface area contributed by atoms with Crippen molar-refractivity contribution in [2.24, 2.45) is 0 Å². The number of para-hydroxylation sites is 1. The molecule has 1 aromatic heterocycles. The van der Waals surface area contributed by atoms with Crippen LogP contribution in [0.5, 0.6) is 0 Å². The van der Waals surface area contributed by atoms with Gasteiger partial charge in [-0.25, -0.2) is 4.98 Å². The van der Waals surface area contributed by atoms with Gasteiger partial charge in [-0.05, 0) is 36.1 Å². The highest BCUT2D eigenvalue weighted by molar-refractivity contribution is 8.02. The normalized spacial score (nSPS) is 16.1. The maximum Gasteiger partial charge on any atom is 0.151 e. The molecule has 1 heterocycles. The van der Waals surface area contributed by atoms with Crippen LogP contribution in [0.2, 0.25) is 0 Å². The Morgan fingerprint density at radius 3 is 2.64 bits per heavy atom. The summed E-state index contributed by atoms with van der Waals surface area (Å²) < 4.78 is 2.14. The second-order valence-corrected chi connectivity index (χ2v) is 8.24. The van der Waals surface area contributed by atoms with Gasteiger partial charge in [-0.3, -0.25) is 0 Å². The first-order chi connectivity index (χ1) is 12.3. The number of aryl methyl sites for hydroxylation is 1. The van der Waals surface area contributed by atoms with Crippen LogP contribution in [0.4, 0.5) is 0 Å². The Hall–Kier alpha value is -2.60. The van der Waals surface area contributed by atoms with E-state index < -0.39 is 0 Å². The van der Waals surface area contributed by atoms with Gasteiger partial charge in [0.2, 0.25) is 0 Å². The first kappa shape index (κ1) is 15.9. The minimum Gasteiger partial charge on any atom is -0.230 e. The molecule has 0 spiro atoms. The molecule has 3 nitrogen and oxygen atoms in total. The van der Waals surface area contributed by atoms with Crippen LogP contribution in [-0.2, 0) is 6.42 Å². The van der Waals surface area contributed by atoms with Crippen LogP contribution >= 0.6 is 23.1 Å². The smallest absolute Gasteiger partial charge is 0.151 e. The van der Waals surface area contributed by atoms with E-state index in [2.05, 4.69) is 24.3 Å². The molecule has 3 aromatic rings. The SMILES string of the molecule is N#CC(C#N)=C1c2ccccc2CCC1Sc1nc2ccccc2s1. The summed E-state index contributed by atoms with van der Waals surface area (Å²) in [6, 6.07) is 20.4. The van der Waals surface area contributed by atoms with Crippen LogP contribution in [0.1, 0.15) is 17.5 Å². The largest absolute Gasteiger partial charge is 0.230 e. The fraction of sp³-hybridized carbons (Fsp3) is 0.150. The van der Waals surface area contributed by atoms with E-state index in [4.69, 9.17) is 4.98 Å². The minimum absolute atomic E-state index is 0.0739. The number of nitriles is 2. The summed E-state index contributed by atoms with van der Waals surface area (Å²) in [5.41, 5.74) is 4.31. The Morgan fingerprint density at radius 2 is 1.84 bits per heavy atom. The first-order valence-corrected chi connectivity index (χ1v) is 9.64. The lowest BCUT2D eigenvalue weighted by atomic mass is 9.85. The number of hydrogen-bond donors (Lipinski definition) is 0. The molecule has 2 aromatic carbocycles. The van der Waals surface area contributed by atoms with Gasteiger partial charge in [0, 0.05) is 10.8 Å². The molecular weight excluding hydrogens is 346 g/mol. The molecule has 25 heavy (non-hydrogen) atoms. The van der Waals surface area contributed by atoms with Crippen LogP contribution in [0.3, 0.4) is 0 Å². The molecule has 1 atom stereocenters. The highest BCUT2D eigenvalue weighted by atomic mass is 32.2. The van der Waals surface area contributed by atoms with Gasteiger partial charge in [-0.15, -0.1) is 11.3 Å². The zero-order valence-corrected chi connectivity index (χ0v) is 14.9. The summed E-state index contributed by atoms with van der Waals surface area (Å²) in [5, 5.41) is 19.0. The summed E-state index contributed by atoms with van der Waals surface area (Å²) in [5.74, 6) is 0. The molecule has 0 aliphatic heterocycles. The molecule has 1 unspecified atom stereocenters. The number of aromatic nitrogens is 1. The summed E-state index contributed by atoms with van der Waals surface area (Å²) >= 11 is 3.33. The highest BCUT2D eigenvalue weighted by Crippen LogP contribution is 2.44. The number of nitrogens with zero attached hydrogens (tertiary/aromatic N) is 3. The van der Waals surface area contributed by atoms with Gasteiger partial charge >= 0.3 is 0 Å². The van der Waals surface area contributed by atoms with E-state index in [0.29, 0.717) is 0 Å². The number of thioether (sulfide) groups is 1. The summed E-state index contributed by atoms with van der Waals surface area (Å²) in [7, 11) is 0. The second kappa shape index (κ2) is 6.72. The van der Waals surface area contributed by atoms with Gasteiger partial charge in [-0.2, -0.15) is 10.5 Å². The standard InChI is InChI=1S/C20H13N3S2/c21-11-14(12-22)19-15-6-2-1-5-13(15)9-10-18(19)25-20-23-16-7-3-4-8-17(16)24-20/h1-8,18H,9-10H2. The molecule has 0 fully saturated rings. The molecule has 0 saturated heterocycles. The quantitative estimate of drug-likeness (QED) is 0.590. The van der Waals surface area contributed by atoms with Crippen LogP contribution in [-0.4, -0.2) is 10.2 Å². The lowest BCUT2D eigenvalue weighted by molar-refractivity contribution is 0.833. The van der Waals surface area contributed by atoms with Crippen molar-refractivity contribution >= 4 is 38.9 Å². The maximum atomic E-state index is 9.45. The molecule has 0 bridgehead atoms. The number of benzene rings is 2. The highest BCUT2D eigenvalue weighted by Gasteiger charge is 2.28. The van der Waals surface area contributed by atoms with Crippen molar-refractivity contribution in [2.45, 2.75) is 22.4 Å². The third-order valence-electron chi connectivity index (χ3n) is 4.32. The molecule has 0 radical (unpaired) electrons. The summed E-state index contributed by atoms with van der Waals surface area (Å²) in [6.07, 6.45) is 1.85. The summed E-state index contributed by atoms with van der Waals surface area (Å²) in [4.78, 5) is 4.70. The van der Waals surface area contributed by atoms with Crippen molar-refractivity contribution in [1.82, 2.24) is 4.98 Å². The minimum atomic E-state index is 0.0739. The molecule has 4 rings (SSSR count). The van der Waals surface area contributed by atoms with E-state index in [1.807, 2.05) is 36.4 Å². The monoisotopic (exact) mass is 359 g/mol. The average molecular weight is 359 g/mol. The molecule has 1 aliphatic rings. The van der Waals surface area contributed by atoms with Gasteiger partial charge in [0.15, 0.2) is 4.34 Å². The van der Waals surface area contributed by atoms with E-state index in [9.17, 15) is 10.5 Å². The van der Waals surface area contributed by atoms with Crippen LogP contribution in [0, 0.1) is 22.7 Å². The van der Waals surface area contributed by atoms with Crippen molar-refractivity contribution < 1.29 is 0 Å². The number of rotatable bonds is 2. The molecule has 120 valence electrons. The fourth-order valence-corrected chi connectivity index (χ4v) is 5.69. The lowest BCUT2D eigenvalue weighted by Crippen LogP contribution is -2.16. The number of thiazole rings is 1. The molecule has 1 aliphatic carbocycles. The van der Waals surface area contributed by atoms with E-state index >= 15 is 0 Å². The van der Waals surface area contributed by atoms with Gasteiger partial charge in [0.1, 0.15) is 17.7 Å². The van der Waals surface area contributed by atoms with E-state index in [-0.39, 0.29) is 10.8 Å². The Balaban J connectivity index is 1.77.